The van der Waals surface area contributed by atoms with Crippen LogP contribution in [0.1, 0.15) is 28.2 Å². The zero-order valence-electron chi connectivity index (χ0n) is 11.9. The molecule has 1 amide bonds. The van der Waals surface area contributed by atoms with Crippen molar-refractivity contribution in [2.75, 3.05) is 17.2 Å². The molecule has 2 aromatic rings. The van der Waals surface area contributed by atoms with Crippen LogP contribution in [0.3, 0.4) is 0 Å². The number of carbonyl (C=O) groups is 1. The average molecular weight is 269 g/mol. The van der Waals surface area contributed by atoms with Crippen molar-refractivity contribution in [2.24, 2.45) is 7.05 Å². The SMILES string of the molecule is Cc1ccc(C(=O)Nc2ccc3c(c2)NCCC3)n1C. The van der Waals surface area contributed by atoms with Gasteiger partial charge in [-0.15, -0.1) is 0 Å². The number of amides is 1. The Kier molecular flexibility index (Phi) is 3.22. The summed E-state index contributed by atoms with van der Waals surface area (Å²) in [6.07, 6.45) is 2.27. The van der Waals surface area contributed by atoms with Gasteiger partial charge in [0.15, 0.2) is 0 Å². The fourth-order valence-corrected chi connectivity index (χ4v) is 2.57. The molecule has 0 radical (unpaired) electrons. The number of rotatable bonds is 2. The highest BCUT2D eigenvalue weighted by Crippen LogP contribution is 2.25. The second kappa shape index (κ2) is 5.04. The summed E-state index contributed by atoms with van der Waals surface area (Å²) in [6.45, 7) is 2.99. The topological polar surface area (TPSA) is 46.1 Å². The van der Waals surface area contributed by atoms with Gasteiger partial charge in [-0.1, -0.05) is 6.07 Å². The van der Waals surface area contributed by atoms with Crippen LogP contribution in [0.2, 0.25) is 0 Å². The molecular formula is C16H19N3O. The van der Waals surface area contributed by atoms with E-state index in [1.54, 1.807) is 0 Å². The third-order valence-electron chi connectivity index (χ3n) is 3.91. The van der Waals surface area contributed by atoms with Gasteiger partial charge in [0.25, 0.3) is 5.91 Å². The van der Waals surface area contributed by atoms with Crippen LogP contribution in [0.5, 0.6) is 0 Å². The van der Waals surface area contributed by atoms with Gasteiger partial charge in [0.05, 0.1) is 0 Å². The molecule has 20 heavy (non-hydrogen) atoms. The Bertz CT molecular complexity index is 658. The van der Waals surface area contributed by atoms with E-state index in [0.29, 0.717) is 5.69 Å². The largest absolute Gasteiger partial charge is 0.385 e. The quantitative estimate of drug-likeness (QED) is 0.880. The first kappa shape index (κ1) is 12.8. The Morgan fingerprint density at radius 2 is 2.15 bits per heavy atom. The van der Waals surface area contributed by atoms with E-state index in [1.807, 2.05) is 42.8 Å². The fraction of sp³-hybridized carbons (Fsp3) is 0.312. The molecular weight excluding hydrogens is 250 g/mol. The van der Waals surface area contributed by atoms with Crippen molar-refractivity contribution >= 4 is 17.3 Å². The molecule has 0 saturated heterocycles. The molecule has 0 atom stereocenters. The molecule has 1 aliphatic rings. The number of nitrogens with zero attached hydrogens (tertiary/aromatic N) is 1. The van der Waals surface area contributed by atoms with Crippen LogP contribution in [0.15, 0.2) is 30.3 Å². The van der Waals surface area contributed by atoms with Crippen LogP contribution < -0.4 is 10.6 Å². The molecule has 4 heteroatoms. The minimum Gasteiger partial charge on any atom is -0.385 e. The highest BCUT2D eigenvalue weighted by Gasteiger charge is 2.13. The number of aryl methyl sites for hydroxylation is 2. The van der Waals surface area contributed by atoms with E-state index in [2.05, 4.69) is 16.7 Å². The molecule has 1 aromatic heterocycles. The number of hydrogen-bond donors (Lipinski definition) is 2. The molecule has 2 N–H and O–H groups in total. The molecule has 1 aliphatic heterocycles. The fourth-order valence-electron chi connectivity index (χ4n) is 2.57. The lowest BCUT2D eigenvalue weighted by atomic mass is 10.0. The summed E-state index contributed by atoms with van der Waals surface area (Å²) in [5.74, 6) is -0.0728. The van der Waals surface area contributed by atoms with Crippen molar-refractivity contribution in [3.8, 4) is 0 Å². The van der Waals surface area contributed by atoms with Gasteiger partial charge in [-0.05, 0) is 49.6 Å². The van der Waals surface area contributed by atoms with Gasteiger partial charge in [0.1, 0.15) is 5.69 Å². The Hall–Kier alpha value is -2.23. The first-order valence-electron chi connectivity index (χ1n) is 6.95. The molecule has 0 fully saturated rings. The molecule has 0 spiro atoms. The van der Waals surface area contributed by atoms with Crippen molar-refractivity contribution in [1.82, 2.24) is 4.57 Å². The Morgan fingerprint density at radius 3 is 2.90 bits per heavy atom. The Balaban J connectivity index is 1.81. The van der Waals surface area contributed by atoms with Gasteiger partial charge in [-0.25, -0.2) is 0 Å². The first-order chi connectivity index (χ1) is 9.65. The number of fused-ring (bicyclic) bond motifs is 1. The second-order valence-electron chi connectivity index (χ2n) is 5.28. The number of carbonyl (C=O) groups excluding carboxylic acids is 1. The minimum absolute atomic E-state index is 0.0728. The van der Waals surface area contributed by atoms with Crippen LogP contribution >= 0.6 is 0 Å². The average Bonchev–Trinajstić information content (AvgIpc) is 2.79. The maximum absolute atomic E-state index is 12.3. The van der Waals surface area contributed by atoms with Gasteiger partial charge < -0.3 is 15.2 Å². The molecule has 0 bridgehead atoms. The Morgan fingerprint density at radius 1 is 1.30 bits per heavy atom. The Labute approximate surface area is 118 Å². The third-order valence-corrected chi connectivity index (χ3v) is 3.91. The van der Waals surface area contributed by atoms with Crippen LogP contribution in [0, 0.1) is 6.92 Å². The molecule has 3 rings (SSSR count). The van der Waals surface area contributed by atoms with E-state index in [4.69, 9.17) is 0 Å². The lowest BCUT2D eigenvalue weighted by Crippen LogP contribution is -2.17. The molecule has 1 aromatic carbocycles. The predicted octanol–water partition coefficient (Wildman–Crippen LogP) is 2.94. The maximum Gasteiger partial charge on any atom is 0.272 e. The van der Waals surface area contributed by atoms with Crippen molar-refractivity contribution in [1.29, 1.82) is 0 Å². The smallest absolute Gasteiger partial charge is 0.272 e. The van der Waals surface area contributed by atoms with Crippen LogP contribution in [0.25, 0.3) is 0 Å². The van der Waals surface area contributed by atoms with Gasteiger partial charge in [-0.3, -0.25) is 4.79 Å². The van der Waals surface area contributed by atoms with Crippen molar-refractivity contribution in [3.63, 3.8) is 0 Å². The standard InChI is InChI=1S/C16H19N3O/c1-11-5-8-15(19(11)2)16(20)18-13-7-6-12-4-3-9-17-14(12)10-13/h5-8,10,17H,3-4,9H2,1-2H3,(H,18,20). The summed E-state index contributed by atoms with van der Waals surface area (Å²) in [6, 6.07) is 9.87. The molecule has 0 aliphatic carbocycles. The number of benzene rings is 1. The first-order valence-corrected chi connectivity index (χ1v) is 6.95. The monoisotopic (exact) mass is 269 g/mol. The number of nitrogens with one attached hydrogen (secondary N) is 2. The summed E-state index contributed by atoms with van der Waals surface area (Å²) in [5, 5.41) is 6.34. The predicted molar refractivity (Wildman–Crippen MR) is 81.4 cm³/mol. The summed E-state index contributed by atoms with van der Waals surface area (Å²) >= 11 is 0. The van der Waals surface area contributed by atoms with Crippen molar-refractivity contribution in [2.45, 2.75) is 19.8 Å². The summed E-state index contributed by atoms with van der Waals surface area (Å²) in [4.78, 5) is 12.3. The van der Waals surface area contributed by atoms with Gasteiger partial charge >= 0.3 is 0 Å². The van der Waals surface area contributed by atoms with Gasteiger partial charge in [-0.2, -0.15) is 0 Å². The zero-order chi connectivity index (χ0) is 14.1. The normalized spacial score (nSPS) is 13.5. The van der Waals surface area contributed by atoms with Crippen molar-refractivity contribution < 1.29 is 4.79 Å². The number of hydrogen-bond acceptors (Lipinski definition) is 2. The third kappa shape index (κ3) is 2.29. The van der Waals surface area contributed by atoms with Crippen LogP contribution in [0.4, 0.5) is 11.4 Å². The van der Waals surface area contributed by atoms with Gasteiger partial charge in [0, 0.05) is 30.7 Å². The van der Waals surface area contributed by atoms with Crippen LogP contribution in [-0.2, 0) is 13.5 Å². The van der Waals surface area contributed by atoms with Crippen LogP contribution in [-0.4, -0.2) is 17.0 Å². The number of anilines is 2. The molecule has 2 heterocycles. The maximum atomic E-state index is 12.3. The molecule has 0 saturated carbocycles. The van der Waals surface area contributed by atoms with E-state index in [0.717, 1.165) is 30.0 Å². The summed E-state index contributed by atoms with van der Waals surface area (Å²) in [5.41, 5.74) is 5.04. The summed E-state index contributed by atoms with van der Waals surface area (Å²) in [7, 11) is 1.90. The van der Waals surface area contributed by atoms with E-state index in [-0.39, 0.29) is 5.91 Å². The molecule has 0 unspecified atom stereocenters. The van der Waals surface area contributed by atoms with E-state index in [1.165, 1.54) is 12.0 Å². The highest BCUT2D eigenvalue weighted by atomic mass is 16.1. The lowest BCUT2D eigenvalue weighted by molar-refractivity contribution is 0.101. The zero-order valence-corrected chi connectivity index (χ0v) is 11.9. The highest BCUT2D eigenvalue weighted by molar-refractivity contribution is 6.03. The van der Waals surface area contributed by atoms with Crippen molar-refractivity contribution in [3.05, 3.63) is 47.3 Å². The van der Waals surface area contributed by atoms with E-state index < -0.39 is 0 Å². The summed E-state index contributed by atoms with van der Waals surface area (Å²) < 4.78 is 1.89. The van der Waals surface area contributed by atoms with Gasteiger partial charge in [0.2, 0.25) is 0 Å². The number of aromatic nitrogens is 1. The van der Waals surface area contributed by atoms with E-state index in [9.17, 15) is 4.79 Å². The molecule has 104 valence electrons. The molecule has 4 nitrogen and oxygen atoms in total. The minimum atomic E-state index is -0.0728. The lowest BCUT2D eigenvalue weighted by Gasteiger charge is -2.19. The van der Waals surface area contributed by atoms with E-state index >= 15 is 0 Å². The second-order valence-corrected chi connectivity index (χ2v) is 5.28.